The molecule has 0 fully saturated rings. The number of benzene rings is 1. The molecule has 0 radical (unpaired) electrons. The van der Waals surface area contributed by atoms with Crippen molar-refractivity contribution in [1.82, 2.24) is 0 Å². The number of phenolic OH excluding ortho intramolecular Hbond substituents is 1. The lowest BCUT2D eigenvalue weighted by atomic mass is 10.3. The van der Waals surface area contributed by atoms with Crippen molar-refractivity contribution in [3.63, 3.8) is 0 Å². The lowest BCUT2D eigenvalue weighted by Gasteiger charge is -2.03. The standard InChI is InChI=1S/C6H4BrClFNO/c7-4-3(11)1-2(8)6(10)5(4)9/h1,11H,10H2. The van der Waals surface area contributed by atoms with E-state index in [1.54, 1.807) is 0 Å². The van der Waals surface area contributed by atoms with E-state index in [4.69, 9.17) is 22.4 Å². The topological polar surface area (TPSA) is 46.2 Å². The number of rotatable bonds is 0. The van der Waals surface area contributed by atoms with E-state index >= 15 is 0 Å². The minimum Gasteiger partial charge on any atom is -0.507 e. The summed E-state index contributed by atoms with van der Waals surface area (Å²) in [4.78, 5) is 0. The van der Waals surface area contributed by atoms with Gasteiger partial charge in [-0.1, -0.05) is 11.6 Å². The fraction of sp³-hybridized carbons (Fsp3) is 0. The molecule has 0 aliphatic rings. The van der Waals surface area contributed by atoms with Crippen molar-refractivity contribution in [1.29, 1.82) is 0 Å². The number of aromatic hydroxyl groups is 1. The first-order valence-electron chi connectivity index (χ1n) is 2.66. The third-order valence-corrected chi connectivity index (χ3v) is 2.24. The van der Waals surface area contributed by atoms with Crippen molar-refractivity contribution in [2.45, 2.75) is 0 Å². The van der Waals surface area contributed by atoms with E-state index in [0.29, 0.717) is 0 Å². The second-order valence-corrected chi connectivity index (χ2v) is 3.12. The van der Waals surface area contributed by atoms with Crippen LogP contribution in [0.25, 0.3) is 0 Å². The van der Waals surface area contributed by atoms with Crippen LogP contribution < -0.4 is 5.73 Å². The van der Waals surface area contributed by atoms with E-state index in [1.807, 2.05) is 0 Å². The average molecular weight is 240 g/mol. The highest BCUT2D eigenvalue weighted by molar-refractivity contribution is 9.10. The van der Waals surface area contributed by atoms with Gasteiger partial charge in [0.2, 0.25) is 0 Å². The smallest absolute Gasteiger partial charge is 0.165 e. The lowest BCUT2D eigenvalue weighted by molar-refractivity contribution is 0.465. The van der Waals surface area contributed by atoms with Crippen molar-refractivity contribution in [2.75, 3.05) is 5.73 Å². The highest BCUT2D eigenvalue weighted by Crippen LogP contribution is 2.35. The first kappa shape index (κ1) is 8.62. The molecular weight excluding hydrogens is 236 g/mol. The molecule has 0 aliphatic heterocycles. The second kappa shape index (κ2) is 2.87. The molecule has 3 N–H and O–H groups in total. The Kier molecular flexibility index (Phi) is 2.25. The van der Waals surface area contributed by atoms with E-state index in [0.717, 1.165) is 0 Å². The number of nitrogens with two attached hydrogens (primary N) is 1. The van der Waals surface area contributed by atoms with Crippen LogP contribution in [0.4, 0.5) is 10.1 Å². The van der Waals surface area contributed by atoms with Crippen LogP contribution in [0.5, 0.6) is 5.75 Å². The van der Waals surface area contributed by atoms with Gasteiger partial charge in [0.05, 0.1) is 15.2 Å². The van der Waals surface area contributed by atoms with Gasteiger partial charge in [0.1, 0.15) is 5.75 Å². The first-order valence-corrected chi connectivity index (χ1v) is 3.83. The highest BCUT2D eigenvalue weighted by Gasteiger charge is 2.11. The normalized spacial score (nSPS) is 10.1. The SMILES string of the molecule is Nc1c(Cl)cc(O)c(Br)c1F. The molecule has 2 nitrogen and oxygen atoms in total. The summed E-state index contributed by atoms with van der Waals surface area (Å²) in [6.07, 6.45) is 0. The van der Waals surface area contributed by atoms with Crippen molar-refractivity contribution in [3.8, 4) is 5.75 Å². The first-order chi connectivity index (χ1) is 5.04. The van der Waals surface area contributed by atoms with E-state index in [-0.39, 0.29) is 20.9 Å². The van der Waals surface area contributed by atoms with Crippen LogP contribution in [-0.4, -0.2) is 5.11 Å². The van der Waals surface area contributed by atoms with E-state index in [2.05, 4.69) is 15.9 Å². The number of nitrogen functional groups attached to an aromatic ring is 1. The Morgan fingerprint density at radius 3 is 2.73 bits per heavy atom. The molecule has 1 aromatic carbocycles. The van der Waals surface area contributed by atoms with Gasteiger partial charge < -0.3 is 10.8 Å². The number of anilines is 1. The number of phenols is 1. The average Bonchev–Trinajstić information content (AvgIpc) is 1.97. The molecule has 0 heterocycles. The van der Waals surface area contributed by atoms with Crippen LogP contribution in [0, 0.1) is 5.82 Å². The summed E-state index contributed by atoms with van der Waals surface area (Å²) < 4.78 is 12.8. The van der Waals surface area contributed by atoms with Gasteiger partial charge in [0.25, 0.3) is 0 Å². The molecule has 5 heteroatoms. The largest absolute Gasteiger partial charge is 0.507 e. The van der Waals surface area contributed by atoms with Gasteiger partial charge >= 0.3 is 0 Å². The zero-order valence-electron chi connectivity index (χ0n) is 5.24. The molecule has 0 atom stereocenters. The zero-order chi connectivity index (χ0) is 8.59. The Bertz CT molecular complexity index is 279. The molecule has 1 aromatic rings. The van der Waals surface area contributed by atoms with Gasteiger partial charge in [-0.15, -0.1) is 0 Å². The molecule has 0 bridgehead atoms. The van der Waals surface area contributed by atoms with E-state index in [1.165, 1.54) is 6.07 Å². The summed E-state index contributed by atoms with van der Waals surface area (Å²) in [7, 11) is 0. The number of halogens is 3. The minimum absolute atomic E-state index is 0.00296. The summed E-state index contributed by atoms with van der Waals surface area (Å²) in [6.45, 7) is 0. The Hall–Kier alpha value is -0.480. The third-order valence-electron chi connectivity index (χ3n) is 1.17. The maximum atomic E-state index is 12.8. The van der Waals surface area contributed by atoms with Crippen LogP contribution in [0.3, 0.4) is 0 Å². The fourth-order valence-electron chi connectivity index (χ4n) is 0.597. The van der Waals surface area contributed by atoms with Crippen LogP contribution in [-0.2, 0) is 0 Å². The van der Waals surface area contributed by atoms with Gasteiger partial charge in [0, 0.05) is 6.07 Å². The van der Waals surface area contributed by atoms with Crippen molar-refractivity contribution in [2.24, 2.45) is 0 Å². The number of hydrogen-bond donors (Lipinski definition) is 2. The Labute approximate surface area is 75.9 Å². The molecule has 0 saturated heterocycles. The Morgan fingerprint density at radius 1 is 1.64 bits per heavy atom. The van der Waals surface area contributed by atoms with Crippen LogP contribution >= 0.6 is 27.5 Å². The monoisotopic (exact) mass is 239 g/mol. The molecule has 0 amide bonds. The molecule has 11 heavy (non-hydrogen) atoms. The van der Waals surface area contributed by atoms with Gasteiger partial charge in [-0.3, -0.25) is 0 Å². The maximum absolute atomic E-state index is 12.8. The summed E-state index contributed by atoms with van der Waals surface area (Å²) in [6, 6.07) is 1.17. The van der Waals surface area contributed by atoms with E-state index < -0.39 is 5.82 Å². The summed E-state index contributed by atoms with van der Waals surface area (Å²) in [5, 5.41) is 8.98. The highest BCUT2D eigenvalue weighted by atomic mass is 79.9. The quantitative estimate of drug-likeness (QED) is 0.416. The fourth-order valence-corrected chi connectivity index (χ4v) is 1.11. The summed E-state index contributed by atoms with van der Waals surface area (Å²) in [5.74, 6) is -1.00. The lowest BCUT2D eigenvalue weighted by Crippen LogP contribution is -1.92. The van der Waals surface area contributed by atoms with Crippen LogP contribution in [0.1, 0.15) is 0 Å². The summed E-state index contributed by atoms with van der Waals surface area (Å²) >= 11 is 8.25. The maximum Gasteiger partial charge on any atom is 0.165 e. The third kappa shape index (κ3) is 1.41. The molecule has 0 unspecified atom stereocenters. The van der Waals surface area contributed by atoms with Crippen molar-refractivity contribution >= 4 is 33.2 Å². The molecule has 0 aromatic heterocycles. The minimum atomic E-state index is -0.741. The molecule has 1 rings (SSSR count). The Balaban J connectivity index is 3.46. The number of hydrogen-bond acceptors (Lipinski definition) is 2. The van der Waals surface area contributed by atoms with Crippen molar-refractivity contribution < 1.29 is 9.50 Å². The molecule has 0 aliphatic carbocycles. The summed E-state index contributed by atoms with van der Waals surface area (Å²) in [5.41, 5.74) is 5.03. The van der Waals surface area contributed by atoms with Crippen molar-refractivity contribution in [3.05, 3.63) is 21.4 Å². The molecule has 60 valence electrons. The van der Waals surface area contributed by atoms with Crippen LogP contribution in [0.2, 0.25) is 5.02 Å². The van der Waals surface area contributed by atoms with Gasteiger partial charge in [-0.25, -0.2) is 4.39 Å². The van der Waals surface area contributed by atoms with Crippen LogP contribution in [0.15, 0.2) is 10.5 Å². The zero-order valence-corrected chi connectivity index (χ0v) is 7.58. The van der Waals surface area contributed by atoms with Gasteiger partial charge in [0.15, 0.2) is 5.82 Å². The predicted molar refractivity (Wildman–Crippen MR) is 45.2 cm³/mol. The predicted octanol–water partition coefficient (Wildman–Crippen LogP) is 2.53. The Morgan fingerprint density at radius 2 is 2.18 bits per heavy atom. The van der Waals surface area contributed by atoms with E-state index in [9.17, 15) is 4.39 Å². The molecule has 0 spiro atoms. The molecule has 0 saturated carbocycles. The molecular formula is C6H4BrClFNO. The van der Waals surface area contributed by atoms with Gasteiger partial charge in [-0.05, 0) is 15.9 Å². The second-order valence-electron chi connectivity index (χ2n) is 1.92. The van der Waals surface area contributed by atoms with Gasteiger partial charge in [-0.2, -0.15) is 0 Å².